The lowest BCUT2D eigenvalue weighted by Crippen LogP contribution is -2.41. The van der Waals surface area contributed by atoms with E-state index in [2.05, 4.69) is 119 Å². The van der Waals surface area contributed by atoms with E-state index in [0.29, 0.717) is 0 Å². The maximum atomic E-state index is 6.65. The van der Waals surface area contributed by atoms with Gasteiger partial charge in [0.25, 0.3) is 0 Å². The molecular formula is C33H30BNO2. The van der Waals surface area contributed by atoms with Gasteiger partial charge in [-0.3, -0.25) is 0 Å². The summed E-state index contributed by atoms with van der Waals surface area (Å²) in [7, 11) is -0.452. The second kappa shape index (κ2) is 6.56. The van der Waals surface area contributed by atoms with E-state index in [0.717, 1.165) is 5.46 Å². The number of benzene rings is 4. The SMILES string of the molecule is CC1(C)c2cccc3c2-c2c1ccc1c4ccccc4n(c21)-c1c(B2OC(C)(C)C(C)(C)O2)cccc1-3. The molecule has 0 spiro atoms. The molecule has 0 amide bonds. The van der Waals surface area contributed by atoms with Gasteiger partial charge in [-0.25, -0.2) is 0 Å². The van der Waals surface area contributed by atoms with Gasteiger partial charge in [-0.05, 0) is 56.0 Å². The normalized spacial score (nSPS) is 19.5. The summed E-state index contributed by atoms with van der Waals surface area (Å²) in [5.41, 5.74) is 11.9. The minimum absolute atomic E-state index is 0.0585. The summed E-state index contributed by atoms with van der Waals surface area (Å²) in [6.45, 7) is 13.2. The van der Waals surface area contributed by atoms with E-state index >= 15 is 0 Å². The van der Waals surface area contributed by atoms with Crippen LogP contribution < -0.4 is 5.46 Å². The van der Waals surface area contributed by atoms with Crippen molar-refractivity contribution in [3.63, 3.8) is 0 Å². The first kappa shape index (κ1) is 21.7. The van der Waals surface area contributed by atoms with E-state index in [-0.39, 0.29) is 5.41 Å². The summed E-state index contributed by atoms with van der Waals surface area (Å²) < 4.78 is 15.8. The van der Waals surface area contributed by atoms with Gasteiger partial charge in [0.2, 0.25) is 0 Å². The molecule has 5 aromatic rings. The zero-order valence-corrected chi connectivity index (χ0v) is 22.3. The quantitative estimate of drug-likeness (QED) is 0.228. The van der Waals surface area contributed by atoms with Crippen LogP contribution in [0.15, 0.2) is 72.8 Å². The maximum Gasteiger partial charge on any atom is 0.497 e. The molecule has 2 aliphatic heterocycles. The van der Waals surface area contributed by atoms with Gasteiger partial charge in [-0.1, -0.05) is 80.6 Å². The average Bonchev–Trinajstić information content (AvgIpc) is 3.36. The van der Waals surface area contributed by atoms with Gasteiger partial charge >= 0.3 is 7.12 Å². The lowest BCUT2D eigenvalue weighted by Gasteiger charge is -2.32. The molecule has 0 unspecified atom stereocenters. The highest BCUT2D eigenvalue weighted by Gasteiger charge is 2.53. The number of aromatic nitrogens is 1. The first-order chi connectivity index (χ1) is 17.6. The highest BCUT2D eigenvalue weighted by molar-refractivity contribution is 6.63. The molecule has 0 radical (unpaired) electrons. The van der Waals surface area contributed by atoms with Crippen LogP contribution in [0, 0.1) is 0 Å². The van der Waals surface area contributed by atoms with Crippen LogP contribution in [0.5, 0.6) is 0 Å². The van der Waals surface area contributed by atoms with E-state index in [1.807, 2.05) is 0 Å². The van der Waals surface area contributed by atoms with Crippen molar-refractivity contribution in [1.29, 1.82) is 0 Å². The molecular weight excluding hydrogens is 453 g/mol. The van der Waals surface area contributed by atoms with Crippen LogP contribution in [0.4, 0.5) is 0 Å². The molecule has 182 valence electrons. The second-order valence-electron chi connectivity index (χ2n) is 12.4. The third-order valence-corrected chi connectivity index (χ3v) is 9.59. The fourth-order valence-electron chi connectivity index (χ4n) is 6.96. The van der Waals surface area contributed by atoms with Gasteiger partial charge in [0.1, 0.15) is 0 Å². The largest absolute Gasteiger partial charge is 0.497 e. The van der Waals surface area contributed by atoms with Gasteiger partial charge < -0.3 is 13.9 Å². The van der Waals surface area contributed by atoms with Crippen molar-refractivity contribution in [2.45, 2.75) is 58.2 Å². The summed E-state index contributed by atoms with van der Waals surface area (Å²) >= 11 is 0. The molecule has 0 bridgehead atoms. The Bertz CT molecular complexity index is 1810. The maximum absolute atomic E-state index is 6.65. The minimum atomic E-state index is -0.452. The molecule has 4 aromatic carbocycles. The van der Waals surface area contributed by atoms with Crippen molar-refractivity contribution >= 4 is 34.4 Å². The first-order valence-corrected chi connectivity index (χ1v) is 13.3. The van der Waals surface area contributed by atoms with E-state index in [1.54, 1.807) is 0 Å². The van der Waals surface area contributed by atoms with Gasteiger partial charge in [0.05, 0.1) is 27.9 Å². The molecule has 8 rings (SSSR count). The Morgan fingerprint density at radius 3 is 2.08 bits per heavy atom. The Labute approximate surface area is 218 Å². The number of para-hydroxylation sites is 2. The van der Waals surface area contributed by atoms with E-state index in [4.69, 9.17) is 9.31 Å². The minimum Gasteiger partial charge on any atom is -0.399 e. The molecule has 1 saturated heterocycles. The second-order valence-corrected chi connectivity index (χ2v) is 12.4. The monoisotopic (exact) mass is 483 g/mol. The molecule has 3 nitrogen and oxygen atoms in total. The standard InChI is InChI=1S/C33H30BNO2/c1-31(2)23-14-9-12-20-21-13-10-15-25(34-36-32(3,4)33(5,6)37-34)29(21)35-26-16-8-7-11-19(26)22-17-18-24(31)28(27(20)23)30(22)35/h7-18H,1-6H3. The fourth-order valence-corrected chi connectivity index (χ4v) is 6.96. The van der Waals surface area contributed by atoms with Crippen LogP contribution in [0.1, 0.15) is 52.7 Å². The molecule has 0 N–H and O–H groups in total. The zero-order chi connectivity index (χ0) is 25.5. The molecule has 4 heteroatoms. The Balaban J connectivity index is 1.59. The molecule has 1 aliphatic carbocycles. The Morgan fingerprint density at radius 2 is 1.30 bits per heavy atom. The smallest absolute Gasteiger partial charge is 0.399 e. The van der Waals surface area contributed by atoms with Gasteiger partial charge in [-0.2, -0.15) is 0 Å². The first-order valence-electron chi connectivity index (χ1n) is 13.3. The lowest BCUT2D eigenvalue weighted by atomic mass is 9.75. The van der Waals surface area contributed by atoms with Crippen LogP contribution >= 0.6 is 0 Å². The number of nitrogens with zero attached hydrogens (tertiary/aromatic N) is 1. The van der Waals surface area contributed by atoms with Crippen LogP contribution in [-0.4, -0.2) is 22.9 Å². The van der Waals surface area contributed by atoms with Crippen LogP contribution in [0.2, 0.25) is 0 Å². The Morgan fingerprint density at radius 1 is 0.622 bits per heavy atom. The van der Waals surface area contributed by atoms with E-state index in [9.17, 15) is 0 Å². The zero-order valence-electron chi connectivity index (χ0n) is 22.3. The molecule has 1 aromatic heterocycles. The molecule has 37 heavy (non-hydrogen) atoms. The van der Waals surface area contributed by atoms with Gasteiger partial charge in [0.15, 0.2) is 0 Å². The van der Waals surface area contributed by atoms with Crippen LogP contribution in [0.25, 0.3) is 49.7 Å². The highest BCUT2D eigenvalue weighted by Crippen LogP contribution is 2.57. The van der Waals surface area contributed by atoms with Crippen LogP contribution in [-0.2, 0) is 14.7 Å². The number of rotatable bonds is 1. The lowest BCUT2D eigenvalue weighted by molar-refractivity contribution is 0.00578. The van der Waals surface area contributed by atoms with E-state index < -0.39 is 18.3 Å². The van der Waals surface area contributed by atoms with Gasteiger partial charge in [-0.15, -0.1) is 0 Å². The number of fused-ring (bicyclic) bond motifs is 6. The fraction of sp³-hybridized carbons (Fsp3) is 0.273. The summed E-state index contributed by atoms with van der Waals surface area (Å²) in [6.07, 6.45) is 0. The molecule has 0 atom stereocenters. The highest BCUT2D eigenvalue weighted by atomic mass is 16.7. The topological polar surface area (TPSA) is 23.4 Å². The third-order valence-electron chi connectivity index (χ3n) is 9.59. The predicted octanol–water partition coefficient (Wildman–Crippen LogP) is 7.37. The van der Waals surface area contributed by atoms with Crippen molar-refractivity contribution in [2.75, 3.05) is 0 Å². The Hall–Kier alpha value is -3.34. The van der Waals surface area contributed by atoms with Crippen molar-refractivity contribution in [3.8, 4) is 27.9 Å². The summed E-state index contributed by atoms with van der Waals surface area (Å²) in [4.78, 5) is 0. The van der Waals surface area contributed by atoms with Crippen molar-refractivity contribution in [1.82, 2.24) is 4.57 Å². The van der Waals surface area contributed by atoms with Crippen molar-refractivity contribution in [2.24, 2.45) is 0 Å². The summed E-state index contributed by atoms with van der Waals surface area (Å²) in [6, 6.07) is 27.0. The van der Waals surface area contributed by atoms with E-state index in [1.165, 1.54) is 60.9 Å². The molecule has 1 fully saturated rings. The molecule has 3 heterocycles. The number of hydrogen-bond donors (Lipinski definition) is 0. The summed E-state index contributed by atoms with van der Waals surface area (Å²) in [5.74, 6) is 0. The number of hydrogen-bond acceptors (Lipinski definition) is 2. The third kappa shape index (κ3) is 2.46. The van der Waals surface area contributed by atoms with Crippen molar-refractivity contribution in [3.05, 3.63) is 83.9 Å². The molecule has 3 aliphatic rings. The van der Waals surface area contributed by atoms with Gasteiger partial charge in [0, 0.05) is 32.8 Å². The summed E-state index contributed by atoms with van der Waals surface area (Å²) in [5, 5.41) is 2.57. The van der Waals surface area contributed by atoms with Crippen molar-refractivity contribution < 1.29 is 9.31 Å². The Kier molecular flexibility index (Phi) is 3.85. The van der Waals surface area contributed by atoms with Crippen LogP contribution in [0.3, 0.4) is 0 Å². The predicted molar refractivity (Wildman–Crippen MR) is 153 cm³/mol. The molecule has 0 saturated carbocycles. The average molecular weight is 483 g/mol.